The van der Waals surface area contributed by atoms with Gasteiger partial charge in [0.1, 0.15) is 6.04 Å². The van der Waals surface area contributed by atoms with Gasteiger partial charge in [0.05, 0.1) is 26.2 Å². The second-order valence-corrected chi connectivity index (χ2v) is 15.0. The summed E-state index contributed by atoms with van der Waals surface area (Å²) in [6, 6.07) is 17.0. The molecule has 3 amide bonds. The molecule has 6 N–H and O–H groups in total. The summed E-state index contributed by atoms with van der Waals surface area (Å²) in [7, 11) is 0. The first-order valence-corrected chi connectivity index (χ1v) is 19.8. The number of carboxylic acids is 3. The van der Waals surface area contributed by atoms with Gasteiger partial charge >= 0.3 is 17.9 Å². The van der Waals surface area contributed by atoms with E-state index in [0.717, 1.165) is 36.0 Å². The summed E-state index contributed by atoms with van der Waals surface area (Å²) < 4.78 is 0. The first-order valence-electron chi connectivity index (χ1n) is 19.8. The van der Waals surface area contributed by atoms with Crippen molar-refractivity contribution >= 4 is 35.6 Å². The van der Waals surface area contributed by atoms with E-state index in [9.17, 15) is 44.1 Å². The summed E-state index contributed by atoms with van der Waals surface area (Å²) >= 11 is 0. The molecule has 57 heavy (non-hydrogen) atoms. The summed E-state index contributed by atoms with van der Waals surface area (Å²) in [6.45, 7) is 6.18. The summed E-state index contributed by atoms with van der Waals surface area (Å²) in [6.07, 6.45) is 3.11. The Bertz CT molecular complexity index is 1540. The fourth-order valence-electron chi connectivity index (χ4n) is 6.55. The Hall–Kier alpha value is -4.90. The number of rotatable bonds is 21. The lowest BCUT2D eigenvalue weighted by atomic mass is 10.00. The van der Waals surface area contributed by atoms with E-state index >= 15 is 0 Å². The van der Waals surface area contributed by atoms with Crippen LogP contribution >= 0.6 is 0 Å². The Kier molecular flexibility index (Phi) is 20.7. The average molecular weight is 796 g/mol. The molecule has 1 atom stereocenters. The molecule has 1 aliphatic heterocycles. The number of benzene rings is 2. The Labute approximate surface area is 335 Å². The fourth-order valence-corrected chi connectivity index (χ4v) is 6.55. The van der Waals surface area contributed by atoms with Crippen LogP contribution in [0.4, 0.5) is 0 Å². The number of carbonyl (C=O) groups is 6. The maximum absolute atomic E-state index is 13.3. The maximum Gasteiger partial charge on any atom is 0.317 e. The van der Waals surface area contributed by atoms with Gasteiger partial charge in [-0.1, -0.05) is 81.3 Å². The molecule has 0 unspecified atom stereocenters. The number of hydrogen-bond donors (Lipinski definition) is 6. The van der Waals surface area contributed by atoms with Crippen LogP contribution in [-0.2, 0) is 35.2 Å². The average Bonchev–Trinajstić information content (AvgIpc) is 3.15. The fraction of sp³-hybridized carbons (Fsp3) is 0.561. The molecule has 314 valence electrons. The number of amides is 3. The molecule has 16 nitrogen and oxygen atoms in total. The van der Waals surface area contributed by atoms with Gasteiger partial charge < -0.3 is 31.3 Å². The van der Waals surface area contributed by atoms with E-state index in [1.807, 2.05) is 54.6 Å². The molecule has 1 fully saturated rings. The van der Waals surface area contributed by atoms with E-state index in [-0.39, 0.29) is 96.6 Å². The number of nitrogens with one attached hydrogen (secondary N) is 3. The topological polar surface area (TPSA) is 212 Å². The molecule has 2 aromatic rings. The summed E-state index contributed by atoms with van der Waals surface area (Å²) in [4.78, 5) is 81.0. The number of nitrogens with zero attached hydrogens (tertiary/aromatic N) is 4. The van der Waals surface area contributed by atoms with E-state index < -0.39 is 29.9 Å². The highest BCUT2D eigenvalue weighted by Gasteiger charge is 2.23. The first kappa shape index (κ1) is 46.5. The zero-order valence-corrected chi connectivity index (χ0v) is 33.4. The van der Waals surface area contributed by atoms with E-state index in [2.05, 4.69) is 29.8 Å². The van der Waals surface area contributed by atoms with Gasteiger partial charge in [-0.15, -0.1) is 0 Å². The van der Waals surface area contributed by atoms with Crippen molar-refractivity contribution in [2.45, 2.75) is 52.0 Å². The van der Waals surface area contributed by atoms with Crippen LogP contribution in [0, 0.1) is 5.92 Å². The molecule has 0 spiro atoms. The van der Waals surface area contributed by atoms with Gasteiger partial charge in [-0.05, 0) is 29.0 Å². The lowest BCUT2D eigenvalue weighted by molar-refractivity contribution is -0.140. The normalized spacial score (nSPS) is 15.8. The molecule has 0 saturated carbocycles. The van der Waals surface area contributed by atoms with Crippen LogP contribution in [0.2, 0.25) is 0 Å². The van der Waals surface area contributed by atoms with Gasteiger partial charge in [-0.25, -0.2) is 0 Å². The Morgan fingerprint density at radius 2 is 1.05 bits per heavy atom. The minimum atomic E-state index is -1.04. The van der Waals surface area contributed by atoms with Gasteiger partial charge in [0, 0.05) is 78.3 Å². The van der Waals surface area contributed by atoms with Crippen molar-refractivity contribution < 1.29 is 44.1 Å². The molecule has 1 heterocycles. The second kappa shape index (κ2) is 25.4. The van der Waals surface area contributed by atoms with Crippen LogP contribution in [-0.4, -0.2) is 168 Å². The van der Waals surface area contributed by atoms with E-state index in [1.165, 1.54) is 0 Å². The summed E-state index contributed by atoms with van der Waals surface area (Å²) in [5.41, 5.74) is 3.00. The van der Waals surface area contributed by atoms with E-state index in [1.54, 1.807) is 19.6 Å². The zero-order valence-electron chi connectivity index (χ0n) is 33.4. The molecule has 3 rings (SSSR count). The molecule has 0 bridgehead atoms. The molecule has 1 aliphatic rings. The van der Waals surface area contributed by atoms with Crippen molar-refractivity contribution in [3.8, 4) is 11.1 Å². The lowest BCUT2D eigenvalue weighted by Crippen LogP contribution is -2.50. The largest absolute Gasteiger partial charge is 0.480 e. The molecule has 1 saturated heterocycles. The maximum atomic E-state index is 13.3. The second-order valence-electron chi connectivity index (χ2n) is 15.0. The Balaban J connectivity index is 1.59. The van der Waals surface area contributed by atoms with Crippen molar-refractivity contribution in [2.24, 2.45) is 5.92 Å². The van der Waals surface area contributed by atoms with E-state index in [4.69, 9.17) is 0 Å². The van der Waals surface area contributed by atoms with Gasteiger partial charge in [-0.3, -0.25) is 48.4 Å². The smallest absolute Gasteiger partial charge is 0.317 e. The van der Waals surface area contributed by atoms with Crippen LogP contribution in [0.25, 0.3) is 11.1 Å². The van der Waals surface area contributed by atoms with Gasteiger partial charge in [0.25, 0.3) is 0 Å². The van der Waals surface area contributed by atoms with Crippen LogP contribution in [0.3, 0.4) is 0 Å². The van der Waals surface area contributed by atoms with Crippen molar-refractivity contribution in [2.75, 3.05) is 91.6 Å². The SMILES string of the molecule is CC(C)CCCCNC(=O)[C@@H](Cc1ccc(-c2ccccc2)cc1)NC(=O)CCNC(=O)CN1CCN(CC(=O)O)CCN(CC(=O)O)CCN(CC(=O)O)CC1. The Morgan fingerprint density at radius 3 is 1.53 bits per heavy atom. The number of unbranched alkanes of at least 4 members (excludes halogenated alkanes) is 1. The number of carboxylic acid groups (broad SMARTS) is 3. The summed E-state index contributed by atoms with van der Waals surface area (Å²) in [5.74, 6) is -3.58. The monoisotopic (exact) mass is 795 g/mol. The van der Waals surface area contributed by atoms with Crippen LogP contribution < -0.4 is 16.0 Å². The van der Waals surface area contributed by atoms with Crippen molar-refractivity contribution in [1.29, 1.82) is 0 Å². The first-order chi connectivity index (χ1) is 27.3. The summed E-state index contributed by atoms with van der Waals surface area (Å²) in [5, 5.41) is 36.9. The van der Waals surface area contributed by atoms with Crippen molar-refractivity contribution in [1.82, 2.24) is 35.6 Å². The number of aliphatic carboxylic acids is 3. The third kappa shape index (κ3) is 19.7. The molecule has 16 heteroatoms. The van der Waals surface area contributed by atoms with Gasteiger partial charge in [0.2, 0.25) is 17.7 Å². The van der Waals surface area contributed by atoms with Crippen LogP contribution in [0.15, 0.2) is 54.6 Å². The quantitative estimate of drug-likeness (QED) is 0.0986. The van der Waals surface area contributed by atoms with Crippen molar-refractivity contribution in [3.05, 3.63) is 60.2 Å². The standard InChI is InChI=1S/C41H61N7O9/c1-31(2)8-6-7-16-43-41(57)35(26-32-11-13-34(14-12-32)33-9-4-3-5-10-33)44-36(49)15-17-42-37(50)27-45-18-20-46(28-38(51)52)22-24-48(30-40(55)56)25-23-47(21-19-45)29-39(53)54/h3-5,9-14,31,35H,6-8,15-30H2,1-2H3,(H,42,50)(H,43,57)(H,44,49)(H,51,52)(H,53,54)(H,55,56)/t35-/m1/s1. The minimum absolute atomic E-state index is 0.0174. The minimum Gasteiger partial charge on any atom is -0.480 e. The Morgan fingerprint density at radius 1 is 0.579 bits per heavy atom. The number of carbonyl (C=O) groups excluding carboxylic acids is 3. The van der Waals surface area contributed by atoms with Crippen LogP contribution in [0.5, 0.6) is 0 Å². The predicted octanol–water partition coefficient (Wildman–Crippen LogP) is 1.31. The van der Waals surface area contributed by atoms with Gasteiger partial charge in [0.15, 0.2) is 0 Å². The number of hydrogen-bond acceptors (Lipinski definition) is 10. The third-order valence-corrected chi connectivity index (χ3v) is 9.71. The molecule has 2 aromatic carbocycles. The molecular weight excluding hydrogens is 734 g/mol. The predicted molar refractivity (Wildman–Crippen MR) is 216 cm³/mol. The molecular formula is C41H61N7O9. The lowest BCUT2D eigenvalue weighted by Gasteiger charge is -2.32. The molecule has 0 aromatic heterocycles. The van der Waals surface area contributed by atoms with Gasteiger partial charge in [-0.2, -0.15) is 0 Å². The molecule has 0 radical (unpaired) electrons. The third-order valence-electron chi connectivity index (χ3n) is 9.71. The highest BCUT2D eigenvalue weighted by atomic mass is 16.4. The zero-order chi connectivity index (χ0) is 41.6. The van der Waals surface area contributed by atoms with E-state index in [0.29, 0.717) is 25.6 Å². The van der Waals surface area contributed by atoms with Crippen LogP contribution in [0.1, 0.15) is 45.1 Å². The highest BCUT2D eigenvalue weighted by molar-refractivity contribution is 5.88. The molecule has 0 aliphatic carbocycles. The van der Waals surface area contributed by atoms with Crippen molar-refractivity contribution in [3.63, 3.8) is 0 Å². The highest BCUT2D eigenvalue weighted by Crippen LogP contribution is 2.20.